The minimum atomic E-state index is 0.191. The third-order valence-corrected chi connectivity index (χ3v) is 3.89. The van der Waals surface area contributed by atoms with E-state index in [9.17, 15) is 0 Å². The van der Waals surface area contributed by atoms with Crippen molar-refractivity contribution in [1.29, 1.82) is 0 Å². The lowest BCUT2D eigenvalue weighted by molar-refractivity contribution is 0.360. The van der Waals surface area contributed by atoms with Gasteiger partial charge in [0.15, 0.2) is 0 Å². The van der Waals surface area contributed by atoms with Gasteiger partial charge in [-0.2, -0.15) is 0 Å². The van der Waals surface area contributed by atoms with Crippen LogP contribution >= 0.6 is 0 Å². The third kappa shape index (κ3) is 3.85. The Morgan fingerprint density at radius 2 is 1.82 bits per heavy atom. The number of benzene rings is 1. The van der Waals surface area contributed by atoms with Gasteiger partial charge in [-0.05, 0) is 24.3 Å². The topological polar surface area (TPSA) is 26.0 Å². The molecule has 1 atom stereocenters. The normalized spacial score (nSPS) is 14.9. The minimum absolute atomic E-state index is 0.191. The van der Waals surface area contributed by atoms with E-state index in [-0.39, 0.29) is 5.41 Å². The van der Waals surface area contributed by atoms with Crippen molar-refractivity contribution in [2.24, 2.45) is 11.7 Å². The van der Waals surface area contributed by atoms with Crippen LogP contribution in [0.15, 0.2) is 30.3 Å². The van der Waals surface area contributed by atoms with Crippen molar-refractivity contribution in [2.75, 3.05) is 6.54 Å². The van der Waals surface area contributed by atoms with Crippen molar-refractivity contribution in [2.45, 2.75) is 51.9 Å². The lowest BCUT2D eigenvalue weighted by atomic mass is 9.74. The molecular weight excluding hydrogens is 206 g/mol. The molecule has 0 aromatic heterocycles. The Balaban J connectivity index is 2.75. The van der Waals surface area contributed by atoms with Gasteiger partial charge in [-0.15, -0.1) is 0 Å². The zero-order valence-corrected chi connectivity index (χ0v) is 11.6. The van der Waals surface area contributed by atoms with Crippen molar-refractivity contribution >= 4 is 0 Å². The Morgan fingerprint density at radius 1 is 1.18 bits per heavy atom. The van der Waals surface area contributed by atoms with Crippen LogP contribution in [0.25, 0.3) is 0 Å². The maximum atomic E-state index is 6.07. The van der Waals surface area contributed by atoms with E-state index >= 15 is 0 Å². The molecule has 0 spiro atoms. The predicted molar refractivity (Wildman–Crippen MR) is 76.2 cm³/mol. The average Bonchev–Trinajstić information content (AvgIpc) is 2.36. The summed E-state index contributed by atoms with van der Waals surface area (Å²) in [7, 11) is 0. The van der Waals surface area contributed by atoms with Gasteiger partial charge in [0.2, 0.25) is 0 Å². The second kappa shape index (κ2) is 6.80. The fourth-order valence-electron chi connectivity index (χ4n) is 2.53. The van der Waals surface area contributed by atoms with Crippen LogP contribution in [0.4, 0.5) is 0 Å². The van der Waals surface area contributed by atoms with Gasteiger partial charge >= 0.3 is 0 Å². The molecule has 0 saturated carbocycles. The molecule has 0 aliphatic rings. The monoisotopic (exact) mass is 233 g/mol. The van der Waals surface area contributed by atoms with Crippen LogP contribution in [0.3, 0.4) is 0 Å². The Bertz CT molecular complexity index is 299. The fourth-order valence-corrected chi connectivity index (χ4v) is 2.53. The Hall–Kier alpha value is -0.820. The standard InChI is InChI=1S/C16H27N/c1-4-16(13-17,12-8-9-14(2)3)15-10-6-5-7-11-15/h5-7,10-11,14H,4,8-9,12-13,17H2,1-3H3. The van der Waals surface area contributed by atoms with Gasteiger partial charge in [0.25, 0.3) is 0 Å². The first-order valence-corrected chi connectivity index (χ1v) is 6.90. The van der Waals surface area contributed by atoms with E-state index in [0.717, 1.165) is 18.9 Å². The SMILES string of the molecule is CCC(CN)(CCCC(C)C)c1ccccc1. The Kier molecular flexibility index (Phi) is 5.70. The van der Waals surface area contributed by atoms with Gasteiger partial charge in [0.05, 0.1) is 0 Å². The summed E-state index contributed by atoms with van der Waals surface area (Å²) in [6.07, 6.45) is 4.92. The molecule has 1 rings (SSSR count). The molecule has 1 aromatic carbocycles. The molecule has 0 heterocycles. The Morgan fingerprint density at radius 3 is 2.29 bits per heavy atom. The van der Waals surface area contributed by atoms with Crippen molar-refractivity contribution in [3.63, 3.8) is 0 Å². The molecule has 1 aromatic rings. The summed E-state index contributed by atoms with van der Waals surface area (Å²) in [5.41, 5.74) is 7.67. The highest BCUT2D eigenvalue weighted by Crippen LogP contribution is 2.32. The van der Waals surface area contributed by atoms with Gasteiger partial charge < -0.3 is 5.73 Å². The van der Waals surface area contributed by atoms with E-state index in [0.29, 0.717) is 0 Å². The first-order valence-electron chi connectivity index (χ1n) is 6.90. The average molecular weight is 233 g/mol. The molecule has 1 unspecified atom stereocenters. The van der Waals surface area contributed by atoms with E-state index in [1.54, 1.807) is 0 Å². The van der Waals surface area contributed by atoms with Crippen LogP contribution in [0, 0.1) is 5.92 Å². The molecule has 1 heteroatoms. The van der Waals surface area contributed by atoms with E-state index in [1.165, 1.54) is 24.8 Å². The zero-order chi connectivity index (χ0) is 12.7. The second-order valence-electron chi connectivity index (χ2n) is 5.49. The van der Waals surface area contributed by atoms with Crippen molar-refractivity contribution in [3.8, 4) is 0 Å². The summed E-state index contributed by atoms with van der Waals surface area (Å²) in [6, 6.07) is 10.8. The van der Waals surface area contributed by atoms with Gasteiger partial charge in [0.1, 0.15) is 0 Å². The van der Waals surface area contributed by atoms with Crippen LogP contribution in [-0.4, -0.2) is 6.54 Å². The molecule has 0 amide bonds. The molecule has 96 valence electrons. The summed E-state index contributed by atoms with van der Waals surface area (Å²) in [5, 5.41) is 0. The lowest BCUT2D eigenvalue weighted by Gasteiger charge is -2.32. The molecule has 0 saturated heterocycles. The van der Waals surface area contributed by atoms with Gasteiger partial charge in [-0.25, -0.2) is 0 Å². The van der Waals surface area contributed by atoms with E-state index in [2.05, 4.69) is 51.1 Å². The van der Waals surface area contributed by atoms with Gasteiger partial charge in [-0.1, -0.05) is 63.9 Å². The molecule has 17 heavy (non-hydrogen) atoms. The fraction of sp³-hybridized carbons (Fsp3) is 0.625. The van der Waals surface area contributed by atoms with Gasteiger partial charge in [-0.3, -0.25) is 0 Å². The second-order valence-corrected chi connectivity index (χ2v) is 5.49. The smallest absolute Gasteiger partial charge is 0.00729 e. The summed E-state index contributed by atoms with van der Waals surface area (Å²) >= 11 is 0. The summed E-state index contributed by atoms with van der Waals surface area (Å²) in [5.74, 6) is 0.790. The molecule has 0 fully saturated rings. The maximum absolute atomic E-state index is 6.07. The molecule has 1 nitrogen and oxygen atoms in total. The van der Waals surface area contributed by atoms with E-state index in [1.807, 2.05) is 0 Å². The van der Waals surface area contributed by atoms with E-state index in [4.69, 9.17) is 5.73 Å². The summed E-state index contributed by atoms with van der Waals surface area (Å²) in [6.45, 7) is 7.60. The quantitative estimate of drug-likeness (QED) is 0.753. The maximum Gasteiger partial charge on any atom is 0.00729 e. The van der Waals surface area contributed by atoms with Crippen molar-refractivity contribution in [1.82, 2.24) is 0 Å². The first-order chi connectivity index (χ1) is 8.14. The van der Waals surface area contributed by atoms with Crippen molar-refractivity contribution < 1.29 is 0 Å². The van der Waals surface area contributed by atoms with Crippen LogP contribution in [-0.2, 0) is 5.41 Å². The zero-order valence-electron chi connectivity index (χ0n) is 11.6. The predicted octanol–water partition coefficient (Wildman–Crippen LogP) is 4.12. The Labute approximate surface area is 106 Å². The summed E-state index contributed by atoms with van der Waals surface area (Å²) < 4.78 is 0. The van der Waals surface area contributed by atoms with Crippen molar-refractivity contribution in [3.05, 3.63) is 35.9 Å². The highest BCUT2D eigenvalue weighted by atomic mass is 14.6. The largest absolute Gasteiger partial charge is 0.330 e. The van der Waals surface area contributed by atoms with Gasteiger partial charge in [0, 0.05) is 12.0 Å². The van der Waals surface area contributed by atoms with Crippen LogP contribution in [0.2, 0.25) is 0 Å². The number of hydrogen-bond donors (Lipinski definition) is 1. The molecule has 0 radical (unpaired) electrons. The highest BCUT2D eigenvalue weighted by Gasteiger charge is 2.27. The molecule has 0 bridgehead atoms. The lowest BCUT2D eigenvalue weighted by Crippen LogP contribution is -2.34. The highest BCUT2D eigenvalue weighted by molar-refractivity contribution is 5.25. The first kappa shape index (κ1) is 14.2. The van der Waals surface area contributed by atoms with E-state index < -0.39 is 0 Å². The van der Waals surface area contributed by atoms with Crippen LogP contribution < -0.4 is 5.73 Å². The number of nitrogens with two attached hydrogens (primary N) is 1. The number of rotatable bonds is 7. The molecule has 0 aliphatic carbocycles. The number of hydrogen-bond acceptors (Lipinski definition) is 1. The van der Waals surface area contributed by atoms with Crippen LogP contribution in [0.5, 0.6) is 0 Å². The third-order valence-electron chi connectivity index (χ3n) is 3.89. The molecule has 0 aliphatic heterocycles. The summed E-state index contributed by atoms with van der Waals surface area (Å²) in [4.78, 5) is 0. The molecule has 2 N–H and O–H groups in total. The minimum Gasteiger partial charge on any atom is -0.330 e. The molecular formula is C16H27N. The van der Waals surface area contributed by atoms with Crippen LogP contribution in [0.1, 0.15) is 52.0 Å².